The van der Waals surface area contributed by atoms with Crippen LogP contribution >= 0.6 is 11.6 Å². The fraction of sp³-hybridized carbons (Fsp3) is 0.447. The highest BCUT2D eigenvalue weighted by Gasteiger charge is 2.31. The second kappa shape index (κ2) is 17.9. The van der Waals surface area contributed by atoms with Crippen LogP contribution in [-0.2, 0) is 27.3 Å². The molecule has 1 amide bonds. The van der Waals surface area contributed by atoms with Gasteiger partial charge in [-0.05, 0) is 67.6 Å². The van der Waals surface area contributed by atoms with Crippen LogP contribution in [0.15, 0.2) is 67.6 Å². The molecule has 0 saturated heterocycles. The molecule has 16 nitrogen and oxygen atoms in total. The molecule has 1 unspecified atom stereocenters. The van der Waals surface area contributed by atoms with Crippen LogP contribution in [0.25, 0.3) is 0 Å². The summed E-state index contributed by atoms with van der Waals surface area (Å²) in [6.07, 6.45) is -4.11. The fourth-order valence-corrected chi connectivity index (χ4v) is 6.36. The molecule has 0 radical (unpaired) electrons. The SMILES string of the molecule is COC1OC(C)=C(CN2Cc3ccc(c(Cl)c3)OCCCN(Cc3oc(=O)oc3C)CC(C)(C)CNC(=O)c3ccc(cc3)Nc3nc(OCC(F)(F)F)nc2n3)O1. The number of hydrogen-bond donors (Lipinski definition) is 2. The Kier molecular flexibility index (Phi) is 13.0. The number of hydrogen-bond acceptors (Lipinski definition) is 15. The Balaban J connectivity index is 1.34. The molecule has 5 aliphatic heterocycles. The largest absolute Gasteiger partial charge is 0.519 e. The molecule has 4 aromatic rings. The van der Waals surface area contributed by atoms with Gasteiger partial charge in [-0.15, -0.1) is 0 Å². The zero-order valence-electron chi connectivity index (χ0n) is 32.4. The number of aromatic nitrogens is 3. The van der Waals surface area contributed by atoms with Gasteiger partial charge in [0.15, 0.2) is 18.1 Å². The number of halogens is 4. The van der Waals surface area contributed by atoms with Crippen LogP contribution in [-0.4, -0.2) is 84.9 Å². The first-order valence-corrected chi connectivity index (χ1v) is 18.5. The number of nitrogens with zero attached hydrogens (tertiary/aromatic N) is 5. The predicted molar refractivity (Wildman–Crippen MR) is 203 cm³/mol. The van der Waals surface area contributed by atoms with Gasteiger partial charge >= 0.3 is 24.5 Å². The summed E-state index contributed by atoms with van der Waals surface area (Å²) in [5, 5.41) is 6.28. The summed E-state index contributed by atoms with van der Waals surface area (Å²) in [7, 11) is 1.41. The lowest BCUT2D eigenvalue weighted by Gasteiger charge is -2.32. The Labute approximate surface area is 336 Å². The molecular weight excluding hydrogens is 791 g/mol. The Morgan fingerprint density at radius 3 is 2.47 bits per heavy atom. The van der Waals surface area contributed by atoms with Crippen molar-refractivity contribution in [2.45, 2.75) is 59.9 Å². The lowest BCUT2D eigenvalue weighted by atomic mass is 9.92. The van der Waals surface area contributed by atoms with Crippen molar-refractivity contribution in [3.63, 3.8) is 0 Å². The van der Waals surface area contributed by atoms with Crippen molar-refractivity contribution in [2.24, 2.45) is 5.41 Å². The van der Waals surface area contributed by atoms with Crippen molar-refractivity contribution >= 4 is 35.1 Å². The number of anilines is 3. The van der Waals surface area contributed by atoms with Crippen LogP contribution in [0.3, 0.4) is 0 Å². The number of nitrogens with one attached hydrogen (secondary N) is 2. The van der Waals surface area contributed by atoms with E-state index in [0.29, 0.717) is 83.2 Å². The molecule has 2 N–H and O–H groups in total. The van der Waals surface area contributed by atoms with Crippen molar-refractivity contribution in [1.82, 2.24) is 25.2 Å². The Hall–Kier alpha value is -5.53. The minimum atomic E-state index is -4.67. The van der Waals surface area contributed by atoms with E-state index in [9.17, 15) is 22.8 Å². The van der Waals surface area contributed by atoms with Crippen LogP contribution in [0.1, 0.15) is 54.6 Å². The van der Waals surface area contributed by atoms with Crippen molar-refractivity contribution in [2.75, 3.05) is 56.7 Å². The van der Waals surface area contributed by atoms with Gasteiger partial charge in [0, 0.05) is 44.5 Å². The van der Waals surface area contributed by atoms with Crippen LogP contribution in [0.2, 0.25) is 5.02 Å². The van der Waals surface area contributed by atoms with Crippen LogP contribution < -0.4 is 30.8 Å². The number of carbonyl (C=O) groups excluding carboxylic acids is 1. The summed E-state index contributed by atoms with van der Waals surface area (Å²) in [6.45, 7) is 6.72. The molecule has 5 aliphatic rings. The minimum Gasteiger partial charge on any atom is -0.492 e. The lowest BCUT2D eigenvalue weighted by Crippen LogP contribution is -2.42. The maximum absolute atomic E-state index is 13.3. The quantitative estimate of drug-likeness (QED) is 0.211. The first-order valence-electron chi connectivity index (χ1n) is 18.2. The van der Waals surface area contributed by atoms with Crippen LogP contribution in [0.4, 0.5) is 30.8 Å². The standard InChI is InChI=1S/C38H43ClF3N7O9/c1-22-29(57-35(51)55-22)17-48-13-6-14-53-28-12-7-24(15-27(28)39)16-49(18-30-23(2)56-36(52-5)58-30)33-45-32(46-34(47-33)54-21-38(40,41)42)44-26-10-8-25(9-11-26)31(50)43-19-37(3,4)20-48/h7-12,15,36H,6,13-14,16-21H2,1-5H3,(H,43,50)(H,44,45,46,47). The van der Waals surface area contributed by atoms with E-state index >= 15 is 0 Å². The van der Waals surface area contributed by atoms with Crippen molar-refractivity contribution < 1.29 is 50.5 Å². The third-order valence-electron chi connectivity index (χ3n) is 8.91. The van der Waals surface area contributed by atoms with E-state index in [2.05, 4.69) is 30.5 Å². The van der Waals surface area contributed by atoms with Gasteiger partial charge in [0.2, 0.25) is 11.9 Å². The average Bonchev–Trinajstić information content (AvgIpc) is 3.69. The molecule has 0 aliphatic carbocycles. The van der Waals surface area contributed by atoms with E-state index in [4.69, 9.17) is 44.1 Å². The van der Waals surface area contributed by atoms with E-state index in [-0.39, 0.29) is 37.5 Å². The molecule has 9 rings (SSSR count). The maximum atomic E-state index is 13.3. The molecule has 0 fully saturated rings. The molecule has 2 aromatic carbocycles. The molecule has 6 bridgehead atoms. The number of methoxy groups -OCH3 is 1. The summed E-state index contributed by atoms with van der Waals surface area (Å²) >= 11 is 6.73. The Morgan fingerprint density at radius 1 is 1.02 bits per heavy atom. The average molecular weight is 834 g/mol. The summed E-state index contributed by atoms with van der Waals surface area (Å²) in [4.78, 5) is 41.7. The first-order chi connectivity index (χ1) is 27.5. The summed E-state index contributed by atoms with van der Waals surface area (Å²) in [5.41, 5.74) is 1.01. The number of amides is 1. The Bertz CT molecular complexity index is 2160. The van der Waals surface area contributed by atoms with Crippen molar-refractivity contribution in [3.05, 3.63) is 92.3 Å². The van der Waals surface area contributed by atoms with Gasteiger partial charge in [-0.2, -0.15) is 28.1 Å². The third kappa shape index (κ3) is 11.5. The van der Waals surface area contributed by atoms with Gasteiger partial charge in [-0.25, -0.2) is 4.79 Å². The highest BCUT2D eigenvalue weighted by Crippen LogP contribution is 2.30. The highest BCUT2D eigenvalue weighted by atomic mass is 35.5. The van der Waals surface area contributed by atoms with Gasteiger partial charge in [-0.3, -0.25) is 9.69 Å². The van der Waals surface area contributed by atoms with Gasteiger partial charge in [0.25, 0.3) is 5.91 Å². The number of allylic oxidation sites excluding steroid dienone is 1. The third-order valence-corrected chi connectivity index (χ3v) is 9.21. The molecule has 1 atom stereocenters. The first kappa shape index (κ1) is 42.1. The van der Waals surface area contributed by atoms with Gasteiger partial charge in [-0.1, -0.05) is 31.5 Å². The van der Waals surface area contributed by atoms with E-state index in [1.807, 2.05) is 13.8 Å². The summed E-state index contributed by atoms with van der Waals surface area (Å²) < 4.78 is 77.9. The molecule has 0 spiro atoms. The molecular formula is C38H43ClF3N7O9. The lowest BCUT2D eigenvalue weighted by molar-refractivity contribution is -0.212. The van der Waals surface area contributed by atoms with Gasteiger partial charge in [0.1, 0.15) is 17.3 Å². The highest BCUT2D eigenvalue weighted by molar-refractivity contribution is 6.32. The number of aryl methyl sites for hydroxylation is 1. The van der Waals surface area contributed by atoms with E-state index in [1.54, 1.807) is 61.2 Å². The zero-order chi connectivity index (χ0) is 41.6. The van der Waals surface area contributed by atoms with Crippen molar-refractivity contribution in [3.8, 4) is 11.8 Å². The molecule has 7 heterocycles. The van der Waals surface area contributed by atoms with Gasteiger partial charge in [0.05, 0.1) is 24.7 Å². The number of alkyl halides is 3. The van der Waals surface area contributed by atoms with E-state index < -0.39 is 36.5 Å². The predicted octanol–water partition coefficient (Wildman–Crippen LogP) is 6.32. The van der Waals surface area contributed by atoms with E-state index in [1.165, 1.54) is 7.11 Å². The Morgan fingerprint density at radius 2 is 1.79 bits per heavy atom. The number of rotatable bonds is 7. The number of benzene rings is 2. The van der Waals surface area contributed by atoms with Crippen LogP contribution in [0.5, 0.6) is 11.8 Å². The number of carbonyl (C=O) groups is 1. The molecule has 58 heavy (non-hydrogen) atoms. The molecule has 312 valence electrons. The molecule has 20 heteroatoms. The second-order valence-corrected chi connectivity index (χ2v) is 14.8. The normalized spacial score (nSPS) is 18.2. The molecule has 0 saturated carbocycles. The second-order valence-electron chi connectivity index (χ2n) is 14.4. The number of ether oxygens (including phenoxy) is 5. The van der Waals surface area contributed by atoms with E-state index in [0.717, 1.165) is 0 Å². The smallest absolute Gasteiger partial charge is 0.492 e. The minimum absolute atomic E-state index is 0.0113. The zero-order valence-corrected chi connectivity index (χ0v) is 33.2. The topological polar surface area (TPSA) is 176 Å². The maximum Gasteiger partial charge on any atom is 0.519 e. The van der Waals surface area contributed by atoms with Crippen LogP contribution in [0, 0.1) is 12.3 Å². The fourth-order valence-electron chi connectivity index (χ4n) is 6.11. The summed E-state index contributed by atoms with van der Waals surface area (Å²) in [5.74, 6) is 0.679. The molecule has 2 aromatic heterocycles. The van der Waals surface area contributed by atoms with Gasteiger partial charge < -0.3 is 48.1 Å². The monoisotopic (exact) mass is 833 g/mol. The van der Waals surface area contributed by atoms with Crippen molar-refractivity contribution in [1.29, 1.82) is 0 Å². The summed E-state index contributed by atoms with van der Waals surface area (Å²) in [6, 6.07) is 11.0.